The quantitative estimate of drug-likeness (QED) is 0.226. The van der Waals surface area contributed by atoms with E-state index in [0.29, 0.717) is 31.6 Å². The minimum Gasteiger partial charge on any atom is -0.480 e. The van der Waals surface area contributed by atoms with Gasteiger partial charge in [0.05, 0.1) is 12.5 Å². The molecular formula is C20H35N5O6S. The van der Waals surface area contributed by atoms with Crippen molar-refractivity contribution in [3.05, 3.63) is 0 Å². The number of nitrogens with one attached hydrogen (secondary N) is 2. The molecule has 4 amide bonds. The van der Waals surface area contributed by atoms with Crippen molar-refractivity contribution in [2.24, 2.45) is 17.4 Å². The van der Waals surface area contributed by atoms with Crippen LogP contribution in [0.5, 0.6) is 0 Å². The molecule has 5 atom stereocenters. The van der Waals surface area contributed by atoms with Gasteiger partial charge in [-0.2, -0.15) is 11.8 Å². The van der Waals surface area contributed by atoms with Gasteiger partial charge in [-0.3, -0.25) is 19.2 Å². The number of carboxylic acids is 1. The van der Waals surface area contributed by atoms with E-state index >= 15 is 0 Å². The summed E-state index contributed by atoms with van der Waals surface area (Å²) in [6.07, 6.45) is 3.30. The number of nitrogens with zero attached hydrogens (tertiary/aromatic N) is 1. The van der Waals surface area contributed by atoms with Crippen LogP contribution in [0.4, 0.5) is 0 Å². The summed E-state index contributed by atoms with van der Waals surface area (Å²) in [4.78, 5) is 62.3. The number of hydrogen-bond acceptors (Lipinski definition) is 7. The molecule has 0 bridgehead atoms. The van der Waals surface area contributed by atoms with Crippen molar-refractivity contribution in [3.63, 3.8) is 0 Å². The standard InChI is InChI=1S/C20H35N5O6S/c1-4-11(2)16(18(28)23-13(20(30)31)7-9-32-3)24-17(27)14-6-5-8-25(14)19(29)12(21)10-15(22)26/h11-14,16H,4-10,21H2,1-3H3,(H2,22,26)(H,23,28)(H,24,27)(H,30,31). The van der Waals surface area contributed by atoms with Gasteiger partial charge in [0.25, 0.3) is 0 Å². The normalized spacial score (nSPS) is 19.5. The first-order valence-electron chi connectivity index (χ1n) is 10.7. The summed E-state index contributed by atoms with van der Waals surface area (Å²) in [5, 5.41) is 14.6. The van der Waals surface area contributed by atoms with Crippen LogP contribution in [-0.2, 0) is 24.0 Å². The highest BCUT2D eigenvalue weighted by Crippen LogP contribution is 2.20. The Balaban J connectivity index is 2.92. The number of carbonyl (C=O) groups excluding carboxylic acids is 4. The van der Waals surface area contributed by atoms with Crippen molar-refractivity contribution < 1.29 is 29.1 Å². The first kappa shape index (κ1) is 27.7. The van der Waals surface area contributed by atoms with Gasteiger partial charge in [-0.05, 0) is 37.2 Å². The molecule has 0 aromatic rings. The lowest BCUT2D eigenvalue weighted by Gasteiger charge is -2.30. The van der Waals surface area contributed by atoms with Crippen LogP contribution in [0.1, 0.15) is 46.0 Å². The molecule has 0 spiro atoms. The summed E-state index contributed by atoms with van der Waals surface area (Å²) in [7, 11) is 0. The summed E-state index contributed by atoms with van der Waals surface area (Å²) < 4.78 is 0. The van der Waals surface area contributed by atoms with Gasteiger partial charge in [0.1, 0.15) is 18.1 Å². The van der Waals surface area contributed by atoms with Crippen molar-refractivity contribution >= 4 is 41.4 Å². The van der Waals surface area contributed by atoms with Gasteiger partial charge >= 0.3 is 5.97 Å². The molecule has 1 saturated heterocycles. The predicted octanol–water partition coefficient (Wildman–Crippen LogP) is -0.966. The molecule has 5 unspecified atom stereocenters. The topological polar surface area (TPSA) is 185 Å². The zero-order chi connectivity index (χ0) is 24.4. The van der Waals surface area contributed by atoms with E-state index in [2.05, 4.69) is 10.6 Å². The fourth-order valence-corrected chi connectivity index (χ4v) is 4.00. The number of carbonyl (C=O) groups is 5. The highest BCUT2D eigenvalue weighted by molar-refractivity contribution is 7.98. The van der Waals surface area contributed by atoms with Crippen LogP contribution in [0.2, 0.25) is 0 Å². The third-order valence-electron chi connectivity index (χ3n) is 5.60. The number of primary amides is 1. The average Bonchev–Trinajstić information content (AvgIpc) is 3.22. The summed E-state index contributed by atoms with van der Waals surface area (Å²) in [6.45, 7) is 3.94. The Morgan fingerprint density at radius 3 is 2.41 bits per heavy atom. The van der Waals surface area contributed by atoms with Gasteiger partial charge in [-0.15, -0.1) is 0 Å². The third kappa shape index (κ3) is 7.97. The SMILES string of the molecule is CCC(C)C(NC(=O)C1CCCN1C(=O)C(N)CC(N)=O)C(=O)NC(CCSC)C(=O)O. The van der Waals surface area contributed by atoms with Gasteiger partial charge in [0, 0.05) is 6.54 Å². The molecule has 1 fully saturated rings. The Morgan fingerprint density at radius 1 is 1.22 bits per heavy atom. The number of amides is 4. The minimum absolute atomic E-state index is 0.256. The van der Waals surface area contributed by atoms with Crippen molar-refractivity contribution in [1.82, 2.24) is 15.5 Å². The highest BCUT2D eigenvalue weighted by Gasteiger charge is 2.39. The lowest BCUT2D eigenvalue weighted by Crippen LogP contribution is -2.58. The number of aliphatic carboxylic acids is 1. The number of rotatable bonds is 13. The van der Waals surface area contributed by atoms with E-state index < -0.39 is 53.8 Å². The number of nitrogens with two attached hydrogens (primary N) is 2. The van der Waals surface area contributed by atoms with Gasteiger partial charge in [-0.1, -0.05) is 20.3 Å². The van der Waals surface area contributed by atoms with Crippen LogP contribution in [0.15, 0.2) is 0 Å². The second-order valence-corrected chi connectivity index (χ2v) is 9.00. The third-order valence-corrected chi connectivity index (χ3v) is 6.24. The molecular weight excluding hydrogens is 438 g/mol. The van der Waals surface area contributed by atoms with E-state index in [-0.39, 0.29) is 18.8 Å². The lowest BCUT2D eigenvalue weighted by atomic mass is 9.97. The molecule has 182 valence electrons. The van der Waals surface area contributed by atoms with Crippen molar-refractivity contribution in [2.45, 2.75) is 70.1 Å². The monoisotopic (exact) mass is 473 g/mol. The Morgan fingerprint density at radius 2 is 1.88 bits per heavy atom. The highest BCUT2D eigenvalue weighted by atomic mass is 32.2. The van der Waals surface area contributed by atoms with E-state index in [9.17, 15) is 29.1 Å². The molecule has 1 aliphatic heterocycles. The zero-order valence-electron chi connectivity index (χ0n) is 18.8. The number of hydrogen-bond donors (Lipinski definition) is 5. The first-order chi connectivity index (χ1) is 15.0. The molecule has 1 rings (SSSR count). The van der Waals surface area contributed by atoms with Gasteiger partial charge in [-0.25, -0.2) is 4.79 Å². The largest absolute Gasteiger partial charge is 0.480 e. The maximum absolute atomic E-state index is 13.0. The van der Waals surface area contributed by atoms with Crippen LogP contribution in [0, 0.1) is 5.92 Å². The van der Waals surface area contributed by atoms with Crippen molar-refractivity contribution in [2.75, 3.05) is 18.6 Å². The van der Waals surface area contributed by atoms with Crippen LogP contribution < -0.4 is 22.1 Å². The molecule has 0 radical (unpaired) electrons. The van der Waals surface area contributed by atoms with E-state index in [4.69, 9.17) is 11.5 Å². The Bertz CT molecular complexity index is 706. The molecule has 0 saturated carbocycles. The van der Waals surface area contributed by atoms with Crippen molar-refractivity contribution in [3.8, 4) is 0 Å². The van der Waals surface area contributed by atoms with Gasteiger partial charge in [0.15, 0.2) is 0 Å². The first-order valence-corrected chi connectivity index (χ1v) is 12.1. The smallest absolute Gasteiger partial charge is 0.326 e. The van der Waals surface area contributed by atoms with E-state index in [1.807, 2.05) is 13.2 Å². The summed E-state index contributed by atoms with van der Waals surface area (Å²) in [5.74, 6) is -3.21. The molecule has 0 aliphatic carbocycles. The fourth-order valence-electron chi connectivity index (χ4n) is 3.53. The fraction of sp³-hybridized carbons (Fsp3) is 0.750. The number of carboxylic acid groups (broad SMARTS) is 1. The Kier molecular flexibility index (Phi) is 11.5. The Hall–Kier alpha value is -2.34. The van der Waals surface area contributed by atoms with E-state index in [1.165, 1.54) is 16.7 Å². The maximum Gasteiger partial charge on any atom is 0.326 e. The molecule has 0 aromatic carbocycles. The summed E-state index contributed by atoms with van der Waals surface area (Å²) >= 11 is 1.47. The summed E-state index contributed by atoms with van der Waals surface area (Å²) in [6, 6.07) is -3.98. The van der Waals surface area contributed by atoms with Crippen LogP contribution >= 0.6 is 11.8 Å². The molecule has 1 heterocycles. The molecule has 11 nitrogen and oxygen atoms in total. The second kappa shape index (κ2) is 13.3. The summed E-state index contributed by atoms with van der Waals surface area (Å²) in [5.41, 5.74) is 10.9. The van der Waals surface area contributed by atoms with Crippen LogP contribution in [0.3, 0.4) is 0 Å². The van der Waals surface area contributed by atoms with Gasteiger partial charge in [0.2, 0.25) is 23.6 Å². The average molecular weight is 474 g/mol. The molecule has 1 aliphatic rings. The minimum atomic E-state index is -1.14. The van der Waals surface area contributed by atoms with Crippen LogP contribution in [0.25, 0.3) is 0 Å². The molecule has 7 N–H and O–H groups in total. The Labute approximate surface area is 192 Å². The molecule has 32 heavy (non-hydrogen) atoms. The second-order valence-electron chi connectivity index (χ2n) is 8.02. The predicted molar refractivity (Wildman–Crippen MR) is 120 cm³/mol. The molecule has 0 aromatic heterocycles. The van der Waals surface area contributed by atoms with Gasteiger partial charge < -0.3 is 32.1 Å². The molecule has 12 heteroatoms. The van der Waals surface area contributed by atoms with Crippen LogP contribution in [-0.4, -0.2) is 82.3 Å². The van der Waals surface area contributed by atoms with E-state index in [0.717, 1.165) is 0 Å². The van der Waals surface area contributed by atoms with E-state index in [1.54, 1.807) is 6.92 Å². The number of likely N-dealkylation sites (tertiary alicyclic amines) is 1. The zero-order valence-corrected chi connectivity index (χ0v) is 19.7. The maximum atomic E-state index is 13.0. The lowest BCUT2D eigenvalue weighted by molar-refractivity contribution is -0.143. The van der Waals surface area contributed by atoms with Crippen molar-refractivity contribution in [1.29, 1.82) is 0 Å². The number of thioether (sulfide) groups is 1.